The molecule has 0 spiro atoms. The van der Waals surface area contributed by atoms with Crippen LogP contribution < -0.4 is 5.32 Å². The van der Waals surface area contributed by atoms with E-state index < -0.39 is 35.8 Å². The molecule has 2 amide bonds. The topological polar surface area (TPSA) is 127 Å². The maximum atomic E-state index is 12.4. The van der Waals surface area contributed by atoms with Crippen LogP contribution in [0.3, 0.4) is 0 Å². The number of thioether (sulfide) groups is 1. The number of hydrogen-bond acceptors (Lipinski definition) is 6. The molecule has 1 aromatic carbocycles. The molecule has 0 bridgehead atoms. The second-order valence-electron chi connectivity index (χ2n) is 5.98. The van der Waals surface area contributed by atoms with E-state index in [4.69, 9.17) is 0 Å². The van der Waals surface area contributed by atoms with Gasteiger partial charge in [-0.05, 0) is 29.7 Å². The monoisotopic (exact) mass is 378 g/mol. The highest BCUT2D eigenvalue weighted by Gasteiger charge is 2.54. The fraction of sp³-hybridized carbons (Fsp3) is 0.353. The highest BCUT2D eigenvalue weighted by Crippen LogP contribution is 2.40. The molecule has 138 valence electrons. The molecule has 1 fully saturated rings. The normalized spacial score (nSPS) is 21.9. The molecule has 3 rings (SSSR count). The number of nitrogens with one attached hydrogen (secondary N) is 1. The summed E-state index contributed by atoms with van der Waals surface area (Å²) < 4.78 is 0. The van der Waals surface area contributed by atoms with Crippen molar-refractivity contribution in [3.05, 3.63) is 40.6 Å². The molecule has 0 aliphatic carbocycles. The third-order valence-corrected chi connectivity index (χ3v) is 5.78. The number of aliphatic hydroxyl groups is 1. The largest absolute Gasteiger partial charge is 0.507 e. The Labute approximate surface area is 153 Å². The number of carboxylic acids is 1. The lowest BCUT2D eigenvalue weighted by Crippen LogP contribution is -2.70. The van der Waals surface area contributed by atoms with Gasteiger partial charge in [0.2, 0.25) is 0 Å². The van der Waals surface area contributed by atoms with E-state index in [9.17, 15) is 29.7 Å². The first-order valence-corrected chi connectivity index (χ1v) is 9.07. The summed E-state index contributed by atoms with van der Waals surface area (Å²) in [6.07, 6.45) is 0.710. The summed E-state index contributed by atoms with van der Waals surface area (Å²) >= 11 is 1.27. The molecule has 0 radical (unpaired) electrons. The van der Waals surface area contributed by atoms with Gasteiger partial charge >= 0.3 is 5.97 Å². The van der Waals surface area contributed by atoms with E-state index in [2.05, 4.69) is 5.32 Å². The van der Waals surface area contributed by atoms with Crippen LogP contribution in [0.25, 0.3) is 0 Å². The van der Waals surface area contributed by atoms with Crippen molar-refractivity contribution in [3.63, 3.8) is 0 Å². The summed E-state index contributed by atoms with van der Waals surface area (Å²) in [5, 5.41) is 30.6. The summed E-state index contributed by atoms with van der Waals surface area (Å²) in [5.41, 5.74) is 0.978. The number of aryl methyl sites for hydroxylation is 1. The fourth-order valence-corrected chi connectivity index (χ4v) is 4.35. The number of rotatable bonds is 5. The van der Waals surface area contributed by atoms with Gasteiger partial charge in [0.1, 0.15) is 22.9 Å². The van der Waals surface area contributed by atoms with Gasteiger partial charge in [-0.3, -0.25) is 14.5 Å². The summed E-state index contributed by atoms with van der Waals surface area (Å²) in [6.45, 7) is 1.48. The van der Waals surface area contributed by atoms with E-state index in [1.807, 2.05) is 6.92 Å². The summed E-state index contributed by atoms with van der Waals surface area (Å²) in [7, 11) is 0. The Balaban J connectivity index is 1.77. The number of benzene rings is 1. The molecule has 8 nitrogen and oxygen atoms in total. The molecule has 2 atom stereocenters. The van der Waals surface area contributed by atoms with Crippen LogP contribution in [0, 0.1) is 0 Å². The highest BCUT2D eigenvalue weighted by atomic mass is 32.2. The lowest BCUT2D eigenvalue weighted by atomic mass is 10.0. The fourth-order valence-electron chi connectivity index (χ4n) is 3.01. The summed E-state index contributed by atoms with van der Waals surface area (Å²) in [6, 6.07) is 3.83. The van der Waals surface area contributed by atoms with Gasteiger partial charge in [-0.2, -0.15) is 0 Å². The Morgan fingerprint density at radius 1 is 1.38 bits per heavy atom. The average molecular weight is 378 g/mol. The van der Waals surface area contributed by atoms with Gasteiger partial charge in [0.15, 0.2) is 0 Å². The van der Waals surface area contributed by atoms with Crippen molar-refractivity contribution in [1.82, 2.24) is 10.2 Å². The number of hydrogen-bond donors (Lipinski definition) is 4. The second kappa shape index (κ2) is 7.00. The smallest absolute Gasteiger partial charge is 0.352 e. The van der Waals surface area contributed by atoms with Crippen LogP contribution in [-0.4, -0.2) is 61.8 Å². The number of phenolic OH excluding ortho intramolecular Hbond substituents is 1. The Kier molecular flexibility index (Phi) is 4.92. The number of β-lactam (4-membered cyclic amide) rings is 1. The molecule has 0 saturated carbocycles. The number of carbonyl (C=O) groups is 3. The molecule has 2 aliphatic rings. The predicted molar refractivity (Wildman–Crippen MR) is 93.6 cm³/mol. The van der Waals surface area contributed by atoms with Gasteiger partial charge in [0, 0.05) is 5.75 Å². The Morgan fingerprint density at radius 2 is 2.12 bits per heavy atom. The molecule has 1 aromatic rings. The average Bonchev–Trinajstić information content (AvgIpc) is 2.64. The summed E-state index contributed by atoms with van der Waals surface area (Å²) in [5.74, 6) is -2.35. The van der Waals surface area contributed by atoms with Gasteiger partial charge in [0.25, 0.3) is 11.8 Å². The molecular formula is C17H18N2O6S. The van der Waals surface area contributed by atoms with E-state index in [0.717, 1.165) is 10.5 Å². The predicted octanol–water partition coefficient (Wildman–Crippen LogP) is 0.299. The summed E-state index contributed by atoms with van der Waals surface area (Å²) in [4.78, 5) is 37.3. The lowest BCUT2D eigenvalue weighted by Gasteiger charge is -2.49. The van der Waals surface area contributed by atoms with Gasteiger partial charge in [-0.25, -0.2) is 4.79 Å². The minimum atomic E-state index is -1.29. The van der Waals surface area contributed by atoms with Gasteiger partial charge in [0.05, 0.1) is 12.2 Å². The number of amides is 2. The zero-order chi connectivity index (χ0) is 19.0. The molecule has 1 saturated heterocycles. The molecule has 26 heavy (non-hydrogen) atoms. The van der Waals surface area contributed by atoms with Crippen molar-refractivity contribution in [2.75, 3.05) is 12.4 Å². The Morgan fingerprint density at radius 3 is 2.69 bits per heavy atom. The van der Waals surface area contributed by atoms with Crippen molar-refractivity contribution in [1.29, 1.82) is 0 Å². The third-order valence-electron chi connectivity index (χ3n) is 4.44. The van der Waals surface area contributed by atoms with Crippen molar-refractivity contribution < 1.29 is 29.7 Å². The lowest BCUT2D eigenvalue weighted by molar-refractivity contribution is -0.148. The number of aliphatic hydroxyl groups excluding tert-OH is 1. The third kappa shape index (κ3) is 2.93. The second-order valence-corrected chi connectivity index (χ2v) is 7.09. The number of phenols is 1. The number of fused-ring (bicyclic) bond motifs is 1. The van der Waals surface area contributed by atoms with Crippen molar-refractivity contribution in [3.8, 4) is 5.75 Å². The van der Waals surface area contributed by atoms with Crippen LogP contribution in [0.15, 0.2) is 29.5 Å². The van der Waals surface area contributed by atoms with E-state index >= 15 is 0 Å². The quantitative estimate of drug-likeness (QED) is 0.543. The molecule has 9 heteroatoms. The van der Waals surface area contributed by atoms with Crippen LogP contribution in [0.5, 0.6) is 5.75 Å². The molecule has 0 unspecified atom stereocenters. The van der Waals surface area contributed by atoms with Crippen LogP contribution >= 0.6 is 11.8 Å². The van der Waals surface area contributed by atoms with Crippen molar-refractivity contribution in [2.45, 2.75) is 24.8 Å². The van der Waals surface area contributed by atoms with Crippen LogP contribution in [0.4, 0.5) is 0 Å². The van der Waals surface area contributed by atoms with Crippen molar-refractivity contribution in [2.24, 2.45) is 0 Å². The minimum Gasteiger partial charge on any atom is -0.507 e. The Bertz CT molecular complexity index is 821. The molecule has 4 N–H and O–H groups in total. The number of nitrogens with zero attached hydrogens (tertiary/aromatic N) is 1. The first-order chi connectivity index (χ1) is 12.4. The first-order valence-electron chi connectivity index (χ1n) is 8.02. The van der Waals surface area contributed by atoms with Crippen LogP contribution in [-0.2, 0) is 16.0 Å². The number of carbonyl (C=O) groups excluding carboxylic acids is 2. The van der Waals surface area contributed by atoms with E-state index in [1.165, 1.54) is 23.9 Å². The first kappa shape index (κ1) is 18.3. The maximum absolute atomic E-state index is 12.4. The number of aliphatic carboxylic acids is 1. The highest BCUT2D eigenvalue weighted by molar-refractivity contribution is 8.00. The SMILES string of the molecule is CCc1ccc(C(=O)N[C@H]2C(=O)N3C(C(=O)O)=C(CO)CS[C@@H]23)c(O)c1. The molecule has 0 aromatic heterocycles. The minimum absolute atomic E-state index is 0.0549. The standard InChI is InChI=1S/C17H18N2O6S/c1-2-8-3-4-10(11(21)5-8)14(22)18-12-15(23)19-13(17(24)25)9(6-20)7-26-16(12)19/h3-5,12,16,20-21H,2,6-7H2,1H3,(H,18,22)(H,24,25)/t12-,16-/m0/s1. The van der Waals surface area contributed by atoms with E-state index in [0.29, 0.717) is 6.42 Å². The maximum Gasteiger partial charge on any atom is 0.352 e. The molecule has 2 heterocycles. The van der Waals surface area contributed by atoms with Gasteiger partial charge < -0.3 is 20.6 Å². The van der Waals surface area contributed by atoms with Crippen molar-refractivity contribution >= 4 is 29.5 Å². The van der Waals surface area contributed by atoms with E-state index in [1.54, 1.807) is 6.07 Å². The molecule has 2 aliphatic heterocycles. The zero-order valence-electron chi connectivity index (χ0n) is 13.9. The Hall–Kier alpha value is -2.52. The molecular weight excluding hydrogens is 360 g/mol. The van der Waals surface area contributed by atoms with Gasteiger partial charge in [-0.1, -0.05) is 13.0 Å². The number of carboxylic acid groups (broad SMARTS) is 1. The van der Waals surface area contributed by atoms with Gasteiger partial charge in [-0.15, -0.1) is 11.8 Å². The van der Waals surface area contributed by atoms with Crippen LogP contribution in [0.1, 0.15) is 22.8 Å². The number of aromatic hydroxyl groups is 1. The van der Waals surface area contributed by atoms with Crippen LogP contribution in [0.2, 0.25) is 0 Å². The van der Waals surface area contributed by atoms with E-state index in [-0.39, 0.29) is 28.3 Å². The zero-order valence-corrected chi connectivity index (χ0v) is 14.7.